The molecular weight excluding hydrogens is 398 g/mol. The summed E-state index contributed by atoms with van der Waals surface area (Å²) >= 11 is 0. The van der Waals surface area contributed by atoms with Gasteiger partial charge in [0.15, 0.2) is 0 Å². The molecule has 1 atom stereocenters. The SMILES string of the molecule is Nc1c(C(=O)NC[C@H]2CCCO2)cc2c(=O)n3ccccc3nc2[n+]1Cc1ccco1. The fraction of sp³-hybridized carbons (Fsp3) is 0.273. The number of nitrogens with one attached hydrogen (secondary N) is 1. The molecule has 9 nitrogen and oxygen atoms in total. The van der Waals surface area contributed by atoms with E-state index in [0.717, 1.165) is 12.8 Å². The number of amides is 1. The number of nitrogens with two attached hydrogens (primary N) is 1. The molecule has 4 aromatic heterocycles. The monoisotopic (exact) mass is 420 g/mol. The Bertz CT molecular complexity index is 1320. The first kappa shape index (κ1) is 19.3. The van der Waals surface area contributed by atoms with Gasteiger partial charge in [-0.25, -0.2) is 4.57 Å². The highest BCUT2D eigenvalue weighted by molar-refractivity contribution is 6.00. The predicted octanol–water partition coefficient (Wildman–Crippen LogP) is 1.27. The molecule has 0 unspecified atom stereocenters. The number of rotatable bonds is 5. The third-order valence-corrected chi connectivity index (χ3v) is 5.51. The third-order valence-electron chi connectivity index (χ3n) is 5.51. The van der Waals surface area contributed by atoms with Crippen molar-refractivity contribution < 1.29 is 18.5 Å². The predicted molar refractivity (Wildman–Crippen MR) is 113 cm³/mol. The molecule has 158 valence electrons. The normalized spacial score (nSPS) is 16.2. The van der Waals surface area contributed by atoms with Gasteiger partial charge in [-0.1, -0.05) is 11.1 Å². The molecule has 5 rings (SSSR count). The molecule has 3 N–H and O–H groups in total. The fourth-order valence-electron chi connectivity index (χ4n) is 3.91. The Kier molecular flexibility index (Phi) is 4.87. The van der Waals surface area contributed by atoms with Crippen LogP contribution in [0.3, 0.4) is 0 Å². The summed E-state index contributed by atoms with van der Waals surface area (Å²) in [5.41, 5.74) is 7.24. The quantitative estimate of drug-likeness (QED) is 0.371. The molecule has 0 radical (unpaired) electrons. The number of fused-ring (bicyclic) bond motifs is 2. The van der Waals surface area contributed by atoms with Gasteiger partial charge in [-0.05, 0) is 43.2 Å². The molecule has 1 amide bonds. The van der Waals surface area contributed by atoms with Gasteiger partial charge in [-0.15, -0.1) is 0 Å². The number of aromatic nitrogens is 3. The van der Waals surface area contributed by atoms with E-state index in [-0.39, 0.29) is 35.5 Å². The molecule has 0 aromatic carbocycles. The molecule has 9 heteroatoms. The van der Waals surface area contributed by atoms with E-state index < -0.39 is 0 Å². The smallest absolute Gasteiger partial charge is 0.278 e. The summed E-state index contributed by atoms with van der Waals surface area (Å²) in [7, 11) is 0. The highest BCUT2D eigenvalue weighted by Gasteiger charge is 2.26. The summed E-state index contributed by atoms with van der Waals surface area (Å²) in [6.45, 7) is 1.33. The molecule has 1 fully saturated rings. The molecule has 1 aliphatic rings. The van der Waals surface area contributed by atoms with Crippen molar-refractivity contribution in [3.05, 3.63) is 70.5 Å². The van der Waals surface area contributed by atoms with Crippen molar-refractivity contribution >= 4 is 28.4 Å². The van der Waals surface area contributed by atoms with Crippen LogP contribution in [0.5, 0.6) is 0 Å². The van der Waals surface area contributed by atoms with Crippen LogP contribution in [0.25, 0.3) is 16.7 Å². The lowest BCUT2D eigenvalue weighted by molar-refractivity contribution is -0.651. The molecule has 31 heavy (non-hydrogen) atoms. The van der Waals surface area contributed by atoms with Crippen LogP contribution < -0.4 is 21.2 Å². The molecule has 1 saturated heterocycles. The highest BCUT2D eigenvalue weighted by Crippen LogP contribution is 2.16. The van der Waals surface area contributed by atoms with Crippen molar-refractivity contribution in [1.29, 1.82) is 0 Å². The Morgan fingerprint density at radius 3 is 3.00 bits per heavy atom. The van der Waals surface area contributed by atoms with Crippen LogP contribution in [0.15, 0.2) is 58.1 Å². The van der Waals surface area contributed by atoms with E-state index in [1.165, 1.54) is 10.5 Å². The summed E-state index contributed by atoms with van der Waals surface area (Å²) in [5.74, 6) is 0.478. The van der Waals surface area contributed by atoms with Crippen LogP contribution in [0.2, 0.25) is 0 Å². The van der Waals surface area contributed by atoms with Crippen LogP contribution in [0.4, 0.5) is 5.82 Å². The molecule has 0 aliphatic carbocycles. The number of anilines is 1. The van der Waals surface area contributed by atoms with E-state index in [1.807, 2.05) is 0 Å². The van der Waals surface area contributed by atoms with Gasteiger partial charge in [0.2, 0.25) is 11.5 Å². The minimum absolute atomic E-state index is 0.00268. The van der Waals surface area contributed by atoms with E-state index in [9.17, 15) is 9.59 Å². The Balaban J connectivity index is 1.65. The Hall–Kier alpha value is -3.72. The molecule has 4 aromatic rings. The van der Waals surface area contributed by atoms with Crippen LogP contribution in [0, 0.1) is 0 Å². The van der Waals surface area contributed by atoms with E-state index >= 15 is 0 Å². The van der Waals surface area contributed by atoms with Crippen molar-refractivity contribution in [2.45, 2.75) is 25.5 Å². The Labute approximate surface area is 177 Å². The molecule has 5 heterocycles. The molecule has 0 bridgehead atoms. The van der Waals surface area contributed by atoms with Gasteiger partial charge in [0.1, 0.15) is 23.3 Å². The second-order valence-corrected chi connectivity index (χ2v) is 7.54. The minimum Gasteiger partial charge on any atom is -0.466 e. The number of ether oxygens (including phenoxy) is 1. The van der Waals surface area contributed by atoms with Gasteiger partial charge in [0.25, 0.3) is 17.1 Å². The highest BCUT2D eigenvalue weighted by atomic mass is 16.5. The zero-order chi connectivity index (χ0) is 21.4. The van der Waals surface area contributed by atoms with E-state index in [2.05, 4.69) is 10.3 Å². The molecular formula is C22H22N5O4+. The van der Waals surface area contributed by atoms with Crippen LogP contribution >= 0.6 is 0 Å². The summed E-state index contributed by atoms with van der Waals surface area (Å²) in [4.78, 5) is 30.8. The van der Waals surface area contributed by atoms with Crippen molar-refractivity contribution in [2.75, 3.05) is 18.9 Å². The Morgan fingerprint density at radius 1 is 1.32 bits per heavy atom. The van der Waals surface area contributed by atoms with Gasteiger partial charge in [-0.3, -0.25) is 14.0 Å². The van der Waals surface area contributed by atoms with Gasteiger partial charge >= 0.3 is 0 Å². The average molecular weight is 420 g/mol. The third kappa shape index (κ3) is 3.53. The topological polar surface area (TPSA) is 116 Å². The van der Waals surface area contributed by atoms with Crippen molar-refractivity contribution in [3.63, 3.8) is 0 Å². The van der Waals surface area contributed by atoms with Gasteiger partial charge in [0, 0.05) is 19.3 Å². The lowest BCUT2D eigenvalue weighted by Gasteiger charge is -2.13. The number of carbonyl (C=O) groups excluding carboxylic acids is 1. The van der Waals surface area contributed by atoms with E-state index in [4.69, 9.17) is 14.9 Å². The molecule has 1 aliphatic heterocycles. The number of nitrogen functional groups attached to an aromatic ring is 1. The zero-order valence-corrected chi connectivity index (χ0v) is 16.8. The number of nitrogens with zero attached hydrogens (tertiary/aromatic N) is 3. The molecule has 0 saturated carbocycles. The van der Waals surface area contributed by atoms with Gasteiger partial charge in [-0.2, -0.15) is 0 Å². The van der Waals surface area contributed by atoms with Crippen LogP contribution in [-0.2, 0) is 11.3 Å². The fourth-order valence-corrected chi connectivity index (χ4v) is 3.91. The Morgan fingerprint density at radius 2 is 2.23 bits per heavy atom. The molecule has 0 spiro atoms. The minimum atomic E-state index is -0.361. The second-order valence-electron chi connectivity index (χ2n) is 7.54. The number of carbonyl (C=O) groups is 1. The average Bonchev–Trinajstić information content (AvgIpc) is 3.48. The van der Waals surface area contributed by atoms with E-state index in [1.54, 1.807) is 47.4 Å². The maximum absolute atomic E-state index is 13.2. The van der Waals surface area contributed by atoms with Crippen molar-refractivity contribution in [1.82, 2.24) is 14.7 Å². The van der Waals surface area contributed by atoms with Gasteiger partial charge in [0.05, 0.1) is 12.4 Å². The number of furan rings is 1. The van der Waals surface area contributed by atoms with Crippen LogP contribution in [-0.4, -0.2) is 34.5 Å². The first-order valence-corrected chi connectivity index (χ1v) is 10.2. The largest absolute Gasteiger partial charge is 0.466 e. The lowest BCUT2D eigenvalue weighted by Crippen LogP contribution is -2.43. The lowest BCUT2D eigenvalue weighted by atomic mass is 10.1. The van der Waals surface area contributed by atoms with Crippen molar-refractivity contribution in [2.24, 2.45) is 0 Å². The zero-order valence-electron chi connectivity index (χ0n) is 16.8. The van der Waals surface area contributed by atoms with Crippen LogP contribution in [0.1, 0.15) is 29.0 Å². The summed E-state index contributed by atoms with van der Waals surface area (Å²) in [6, 6.07) is 10.4. The standard InChI is InChI=1S/C22H21N5O4/c23-19-16(21(28)24-12-14-5-3-9-30-14)11-17-20(27(19)13-15-6-4-10-31-15)25-18-7-1-2-8-26(18)22(17)29/h1-2,4,6-8,10-11,14,23H,3,5,9,12-13H2,(H,24,28)/p+1/t14-/m1/s1. The maximum atomic E-state index is 13.2. The van der Waals surface area contributed by atoms with Gasteiger partial charge < -0.3 is 20.2 Å². The number of hydrogen-bond donors (Lipinski definition) is 2. The maximum Gasteiger partial charge on any atom is 0.278 e. The van der Waals surface area contributed by atoms with Crippen molar-refractivity contribution in [3.8, 4) is 0 Å². The van der Waals surface area contributed by atoms with E-state index in [0.29, 0.717) is 35.6 Å². The summed E-state index contributed by atoms with van der Waals surface area (Å²) < 4.78 is 14.1. The summed E-state index contributed by atoms with van der Waals surface area (Å²) in [6.07, 6.45) is 5.09. The summed E-state index contributed by atoms with van der Waals surface area (Å²) in [5, 5.41) is 3.18. The number of hydrogen-bond acceptors (Lipinski definition) is 6. The first-order chi connectivity index (χ1) is 15.1. The number of pyridine rings is 2. The second kappa shape index (κ2) is 7.84. The first-order valence-electron chi connectivity index (χ1n) is 10.2.